The first-order valence-electron chi connectivity index (χ1n) is 32.4. The summed E-state index contributed by atoms with van der Waals surface area (Å²) in [6, 6.07) is 0. The van der Waals surface area contributed by atoms with E-state index in [1.54, 1.807) is 0 Å². The fourth-order valence-electron chi connectivity index (χ4n) is 8.89. The molecule has 77 heavy (non-hydrogen) atoms. The van der Waals surface area contributed by atoms with Gasteiger partial charge in [0, 0.05) is 19.3 Å². The van der Waals surface area contributed by atoms with Gasteiger partial charge in [-0.15, -0.1) is 0 Å². The van der Waals surface area contributed by atoms with Gasteiger partial charge in [-0.05, 0) is 122 Å². The van der Waals surface area contributed by atoms with E-state index in [1.165, 1.54) is 167 Å². The smallest absolute Gasteiger partial charge is 0.306 e. The average Bonchev–Trinajstić information content (AvgIpc) is 3.43. The van der Waals surface area contributed by atoms with Gasteiger partial charge in [0.05, 0.1) is 0 Å². The molecule has 0 aliphatic heterocycles. The van der Waals surface area contributed by atoms with Gasteiger partial charge in [-0.25, -0.2) is 0 Å². The molecular weight excluding hydrogens is 949 g/mol. The fourth-order valence-corrected chi connectivity index (χ4v) is 8.89. The second kappa shape index (κ2) is 64.6. The molecule has 0 rings (SSSR count). The zero-order valence-electron chi connectivity index (χ0n) is 50.4. The highest BCUT2D eigenvalue weighted by Gasteiger charge is 2.19. The van der Waals surface area contributed by atoms with Gasteiger partial charge in [-0.2, -0.15) is 0 Å². The Morgan fingerprint density at radius 1 is 0.273 bits per heavy atom. The Morgan fingerprint density at radius 2 is 0.519 bits per heavy atom. The molecule has 0 bridgehead atoms. The summed E-state index contributed by atoms with van der Waals surface area (Å²) >= 11 is 0. The molecule has 0 aromatic heterocycles. The quantitative estimate of drug-likeness (QED) is 0.0261. The van der Waals surface area contributed by atoms with Crippen LogP contribution in [0.5, 0.6) is 0 Å². The van der Waals surface area contributed by atoms with Crippen LogP contribution in [0.4, 0.5) is 0 Å². The van der Waals surface area contributed by atoms with Gasteiger partial charge in [0.2, 0.25) is 0 Å². The van der Waals surface area contributed by atoms with Crippen molar-refractivity contribution in [3.05, 3.63) is 109 Å². The summed E-state index contributed by atoms with van der Waals surface area (Å²) in [5.41, 5.74) is 0. The Kier molecular flexibility index (Phi) is 61.3. The van der Waals surface area contributed by atoms with Gasteiger partial charge in [0.15, 0.2) is 6.10 Å². The Balaban J connectivity index is 4.46. The number of carbonyl (C=O) groups excluding carboxylic acids is 3. The van der Waals surface area contributed by atoms with Crippen LogP contribution in [0.1, 0.15) is 303 Å². The lowest BCUT2D eigenvalue weighted by molar-refractivity contribution is -0.167. The van der Waals surface area contributed by atoms with E-state index in [4.69, 9.17) is 14.2 Å². The van der Waals surface area contributed by atoms with Crippen LogP contribution in [0, 0.1) is 0 Å². The van der Waals surface area contributed by atoms with Crippen LogP contribution < -0.4 is 0 Å². The highest BCUT2D eigenvalue weighted by molar-refractivity contribution is 5.71. The van der Waals surface area contributed by atoms with Gasteiger partial charge < -0.3 is 14.2 Å². The van der Waals surface area contributed by atoms with Crippen molar-refractivity contribution >= 4 is 17.9 Å². The number of allylic oxidation sites excluding steroid dienone is 18. The van der Waals surface area contributed by atoms with Gasteiger partial charge in [0.25, 0.3) is 0 Å². The molecule has 1 atom stereocenters. The summed E-state index contributed by atoms with van der Waals surface area (Å²) in [4.78, 5) is 38.3. The molecule has 6 heteroatoms. The highest BCUT2D eigenvalue weighted by Crippen LogP contribution is 2.15. The lowest BCUT2D eigenvalue weighted by Gasteiger charge is -2.18. The number of hydrogen-bond donors (Lipinski definition) is 0. The molecule has 0 saturated heterocycles. The molecular formula is C71H120O6. The summed E-state index contributed by atoms with van der Waals surface area (Å²) in [5, 5.41) is 0. The minimum Gasteiger partial charge on any atom is -0.462 e. The zero-order chi connectivity index (χ0) is 55.7. The Bertz CT molecular complexity index is 1560. The predicted octanol–water partition coefficient (Wildman–Crippen LogP) is 22.2. The third-order valence-electron chi connectivity index (χ3n) is 13.7. The first-order chi connectivity index (χ1) is 38.0. The molecule has 0 aromatic carbocycles. The second-order valence-corrected chi connectivity index (χ2v) is 21.3. The van der Waals surface area contributed by atoms with Crippen molar-refractivity contribution in [2.45, 2.75) is 309 Å². The van der Waals surface area contributed by atoms with Gasteiger partial charge >= 0.3 is 17.9 Å². The summed E-state index contributed by atoms with van der Waals surface area (Å²) < 4.78 is 16.9. The largest absolute Gasteiger partial charge is 0.462 e. The molecule has 0 radical (unpaired) electrons. The molecule has 0 N–H and O–H groups in total. The SMILES string of the molecule is CC/C=C\C/C=C\C/C=C\C/C=C\C/C=C\CCCC(=O)OCC(COC(=O)CCCCCCCCCCC/C=C\C/C=C\CCCCCCC)OC(=O)CCCCCCCCCCC/C=C\C/C=C\CCCCCCC. The fraction of sp³-hybridized carbons (Fsp3) is 0.704. The van der Waals surface area contributed by atoms with E-state index in [0.29, 0.717) is 19.3 Å². The molecule has 6 nitrogen and oxygen atoms in total. The predicted molar refractivity (Wildman–Crippen MR) is 334 cm³/mol. The summed E-state index contributed by atoms with van der Waals surface area (Å²) in [6.07, 6.45) is 88.1. The van der Waals surface area contributed by atoms with Crippen molar-refractivity contribution in [1.82, 2.24) is 0 Å². The number of unbranched alkanes of at least 4 members (excludes halogenated alkanes) is 29. The molecule has 0 fully saturated rings. The maximum Gasteiger partial charge on any atom is 0.306 e. The summed E-state index contributed by atoms with van der Waals surface area (Å²) in [5.74, 6) is -0.962. The van der Waals surface area contributed by atoms with Gasteiger partial charge in [-0.1, -0.05) is 271 Å². The van der Waals surface area contributed by atoms with E-state index in [1.807, 2.05) is 0 Å². The molecule has 0 aliphatic rings. The maximum atomic E-state index is 12.9. The van der Waals surface area contributed by atoms with E-state index in [2.05, 4.69) is 130 Å². The monoisotopic (exact) mass is 1070 g/mol. The van der Waals surface area contributed by atoms with Crippen molar-refractivity contribution in [2.24, 2.45) is 0 Å². The minimum absolute atomic E-state index is 0.100. The molecule has 0 heterocycles. The van der Waals surface area contributed by atoms with Crippen LogP contribution in [0.15, 0.2) is 109 Å². The van der Waals surface area contributed by atoms with Gasteiger partial charge in [-0.3, -0.25) is 14.4 Å². The second-order valence-electron chi connectivity index (χ2n) is 21.3. The van der Waals surface area contributed by atoms with Crippen molar-refractivity contribution < 1.29 is 28.6 Å². The number of ether oxygens (including phenoxy) is 3. The standard InChI is InChI=1S/C71H120O6/c1-4-7-10-13-16-19-22-25-28-31-33-35-37-40-43-46-49-52-55-58-61-64-70(73)76-67-68(66-75-69(72)63-60-57-54-51-48-45-42-39-30-27-24-21-18-15-12-9-6-3)77-71(74)65-62-59-56-53-50-47-44-41-38-36-34-32-29-26-23-20-17-14-11-8-5-2/h9,12,18,21-23,25-27,30-34,42,45,51,54,68H,4-8,10-11,13-17,19-20,24,28-29,35-41,43-44,46-50,52-53,55-67H2,1-3H3/b12-9-,21-18-,25-22-,26-23-,30-27-,33-31-,34-32-,45-42-,54-51-. The lowest BCUT2D eigenvalue weighted by Crippen LogP contribution is -2.30. The van der Waals surface area contributed by atoms with Crippen molar-refractivity contribution in [1.29, 1.82) is 0 Å². The third-order valence-corrected chi connectivity index (χ3v) is 13.7. The zero-order valence-corrected chi connectivity index (χ0v) is 50.4. The Morgan fingerprint density at radius 3 is 0.844 bits per heavy atom. The average molecular weight is 1070 g/mol. The molecule has 0 saturated carbocycles. The van der Waals surface area contributed by atoms with E-state index >= 15 is 0 Å². The highest BCUT2D eigenvalue weighted by atomic mass is 16.6. The van der Waals surface area contributed by atoms with Crippen LogP contribution >= 0.6 is 0 Å². The number of hydrogen-bond acceptors (Lipinski definition) is 6. The molecule has 0 spiro atoms. The lowest BCUT2D eigenvalue weighted by atomic mass is 10.1. The van der Waals surface area contributed by atoms with Crippen molar-refractivity contribution in [3.8, 4) is 0 Å². The van der Waals surface area contributed by atoms with E-state index < -0.39 is 6.10 Å². The van der Waals surface area contributed by atoms with Crippen LogP contribution in [0.2, 0.25) is 0 Å². The van der Waals surface area contributed by atoms with Crippen LogP contribution in [0.25, 0.3) is 0 Å². The summed E-state index contributed by atoms with van der Waals surface area (Å²) in [6.45, 7) is 6.47. The third kappa shape index (κ3) is 62.8. The molecule has 0 amide bonds. The van der Waals surface area contributed by atoms with Crippen LogP contribution in [-0.2, 0) is 28.6 Å². The minimum atomic E-state index is -0.809. The molecule has 1 unspecified atom stereocenters. The Hall–Kier alpha value is -3.93. The van der Waals surface area contributed by atoms with Crippen molar-refractivity contribution in [3.63, 3.8) is 0 Å². The number of esters is 3. The molecule has 0 aliphatic carbocycles. The first kappa shape index (κ1) is 73.1. The van der Waals surface area contributed by atoms with E-state index in [9.17, 15) is 14.4 Å². The van der Waals surface area contributed by atoms with Crippen molar-refractivity contribution in [2.75, 3.05) is 13.2 Å². The Labute approximate surface area is 476 Å². The van der Waals surface area contributed by atoms with E-state index in [0.717, 1.165) is 89.9 Å². The van der Waals surface area contributed by atoms with Crippen LogP contribution in [0.3, 0.4) is 0 Å². The maximum absolute atomic E-state index is 12.9. The first-order valence-corrected chi connectivity index (χ1v) is 32.4. The topological polar surface area (TPSA) is 78.9 Å². The number of carbonyl (C=O) groups is 3. The summed E-state index contributed by atoms with van der Waals surface area (Å²) in [7, 11) is 0. The normalized spacial score (nSPS) is 12.8. The van der Waals surface area contributed by atoms with Crippen LogP contribution in [-0.4, -0.2) is 37.2 Å². The molecule has 0 aromatic rings. The van der Waals surface area contributed by atoms with E-state index in [-0.39, 0.29) is 37.5 Å². The van der Waals surface area contributed by atoms with Gasteiger partial charge in [0.1, 0.15) is 13.2 Å². The molecule has 440 valence electrons. The number of rotatable bonds is 58.